The van der Waals surface area contributed by atoms with Crippen molar-refractivity contribution in [2.24, 2.45) is 7.05 Å². The molecule has 0 spiro atoms. The summed E-state index contributed by atoms with van der Waals surface area (Å²) in [6.07, 6.45) is 3.62. The lowest BCUT2D eigenvalue weighted by atomic mass is 10.2. The first-order valence-corrected chi connectivity index (χ1v) is 7.10. The maximum atomic E-state index is 4.67. The Balaban J connectivity index is 2.05. The van der Waals surface area contributed by atoms with Crippen LogP contribution in [0.25, 0.3) is 22.0 Å². The fraction of sp³-hybridized carbons (Fsp3) is 0.0769. The summed E-state index contributed by atoms with van der Waals surface area (Å²) in [5.41, 5.74) is 3.14. The zero-order valence-electron chi connectivity index (χ0n) is 9.67. The van der Waals surface area contributed by atoms with E-state index in [1.54, 1.807) is 17.7 Å². The number of rotatable bonds is 2. The average molecular weight is 320 g/mol. The Kier molecular flexibility index (Phi) is 3.01. The maximum Gasteiger partial charge on any atom is 0.142 e. The topological polar surface area (TPSA) is 30.7 Å². The van der Waals surface area contributed by atoms with Gasteiger partial charge < -0.3 is 4.57 Å². The number of nitrogens with zero attached hydrogens (tertiary/aromatic N) is 3. The summed E-state index contributed by atoms with van der Waals surface area (Å²) in [4.78, 5) is 8.79. The monoisotopic (exact) mass is 319 g/mol. The Morgan fingerprint density at radius 1 is 1.28 bits per heavy atom. The minimum Gasteiger partial charge on any atom is -0.332 e. The van der Waals surface area contributed by atoms with E-state index in [1.165, 1.54) is 0 Å². The quantitative estimate of drug-likeness (QED) is 0.715. The molecule has 0 bridgehead atoms. The van der Waals surface area contributed by atoms with Crippen molar-refractivity contribution in [2.45, 2.75) is 0 Å². The van der Waals surface area contributed by atoms with Gasteiger partial charge in [0.1, 0.15) is 5.01 Å². The predicted molar refractivity (Wildman–Crippen MR) is 77.5 cm³/mol. The lowest BCUT2D eigenvalue weighted by Gasteiger charge is -1.99. The molecule has 5 heteroatoms. The zero-order chi connectivity index (χ0) is 12.5. The predicted octanol–water partition coefficient (Wildman–Crippen LogP) is 3.97. The molecule has 2 heterocycles. The fourth-order valence-electron chi connectivity index (χ4n) is 1.75. The normalized spacial score (nSPS) is 10.8. The Morgan fingerprint density at radius 2 is 2.11 bits per heavy atom. The smallest absolute Gasteiger partial charge is 0.142 e. The van der Waals surface area contributed by atoms with Crippen LogP contribution in [0.1, 0.15) is 0 Å². The van der Waals surface area contributed by atoms with Gasteiger partial charge in [0, 0.05) is 22.5 Å². The Morgan fingerprint density at radius 3 is 2.83 bits per heavy atom. The highest BCUT2D eigenvalue weighted by molar-refractivity contribution is 9.10. The number of thiazole rings is 1. The molecular weight excluding hydrogens is 310 g/mol. The third-order valence-electron chi connectivity index (χ3n) is 2.69. The maximum absolute atomic E-state index is 4.67. The lowest BCUT2D eigenvalue weighted by molar-refractivity contribution is 0.920. The number of imidazole rings is 1. The zero-order valence-corrected chi connectivity index (χ0v) is 12.1. The van der Waals surface area contributed by atoms with Gasteiger partial charge in [-0.05, 0) is 6.07 Å². The molecule has 2 aromatic heterocycles. The number of benzene rings is 1. The molecule has 1 aromatic carbocycles. The lowest BCUT2D eigenvalue weighted by Crippen LogP contribution is -1.88. The van der Waals surface area contributed by atoms with E-state index in [2.05, 4.69) is 37.3 Å². The van der Waals surface area contributed by atoms with Crippen molar-refractivity contribution in [1.82, 2.24) is 14.5 Å². The SMILES string of the molecule is Cn1cncc1-c1nc(-c2ccccc2Br)cs1. The van der Waals surface area contributed by atoms with E-state index in [0.29, 0.717) is 0 Å². The molecule has 3 aromatic rings. The molecule has 0 radical (unpaired) electrons. The van der Waals surface area contributed by atoms with Gasteiger partial charge >= 0.3 is 0 Å². The summed E-state index contributed by atoms with van der Waals surface area (Å²) in [5.74, 6) is 0. The summed E-state index contributed by atoms with van der Waals surface area (Å²) in [7, 11) is 1.97. The first-order valence-electron chi connectivity index (χ1n) is 5.43. The van der Waals surface area contributed by atoms with Gasteiger partial charge in [0.2, 0.25) is 0 Å². The number of hydrogen-bond acceptors (Lipinski definition) is 3. The Bertz CT molecular complexity index is 687. The summed E-state index contributed by atoms with van der Waals surface area (Å²) >= 11 is 5.18. The number of aryl methyl sites for hydroxylation is 1. The third-order valence-corrected chi connectivity index (χ3v) is 4.25. The fourth-order valence-corrected chi connectivity index (χ4v) is 3.11. The van der Waals surface area contributed by atoms with Gasteiger partial charge in [-0.2, -0.15) is 0 Å². The number of halogens is 1. The molecule has 0 unspecified atom stereocenters. The highest BCUT2D eigenvalue weighted by atomic mass is 79.9. The van der Waals surface area contributed by atoms with Crippen molar-refractivity contribution in [3.63, 3.8) is 0 Å². The van der Waals surface area contributed by atoms with Crippen LogP contribution in [-0.2, 0) is 7.05 Å². The van der Waals surface area contributed by atoms with E-state index in [-0.39, 0.29) is 0 Å². The van der Waals surface area contributed by atoms with Crippen molar-refractivity contribution in [1.29, 1.82) is 0 Å². The minimum absolute atomic E-state index is 0.987. The van der Waals surface area contributed by atoms with Crippen LogP contribution in [0.3, 0.4) is 0 Å². The van der Waals surface area contributed by atoms with E-state index < -0.39 is 0 Å². The first-order chi connectivity index (χ1) is 8.75. The van der Waals surface area contributed by atoms with E-state index in [9.17, 15) is 0 Å². The largest absolute Gasteiger partial charge is 0.332 e. The highest BCUT2D eigenvalue weighted by Gasteiger charge is 2.10. The van der Waals surface area contributed by atoms with E-state index in [4.69, 9.17) is 0 Å². The van der Waals surface area contributed by atoms with Gasteiger partial charge in [0.25, 0.3) is 0 Å². The van der Waals surface area contributed by atoms with E-state index in [0.717, 1.165) is 26.4 Å². The van der Waals surface area contributed by atoms with Crippen LogP contribution < -0.4 is 0 Å². The van der Waals surface area contributed by atoms with Crippen LogP contribution in [0.5, 0.6) is 0 Å². The van der Waals surface area contributed by atoms with Crippen LogP contribution in [-0.4, -0.2) is 14.5 Å². The standard InChI is InChI=1S/C13H10BrN3S/c1-17-8-15-6-12(17)13-16-11(7-18-13)9-4-2-3-5-10(9)14/h2-8H,1H3. The summed E-state index contributed by atoms with van der Waals surface area (Å²) in [5, 5.41) is 3.06. The van der Waals surface area contributed by atoms with Crippen LogP contribution in [0.2, 0.25) is 0 Å². The molecule has 0 aliphatic carbocycles. The van der Waals surface area contributed by atoms with Gasteiger partial charge in [0.15, 0.2) is 0 Å². The van der Waals surface area contributed by atoms with Gasteiger partial charge in [-0.3, -0.25) is 0 Å². The average Bonchev–Trinajstić information content (AvgIpc) is 2.98. The van der Waals surface area contributed by atoms with Gasteiger partial charge in [-0.1, -0.05) is 34.1 Å². The molecule has 0 saturated heterocycles. The van der Waals surface area contributed by atoms with Gasteiger partial charge in [-0.15, -0.1) is 11.3 Å². The summed E-state index contributed by atoms with van der Waals surface area (Å²) in [6.45, 7) is 0. The second-order valence-corrected chi connectivity index (χ2v) is 5.62. The van der Waals surface area contributed by atoms with Crippen molar-refractivity contribution >= 4 is 27.3 Å². The van der Waals surface area contributed by atoms with Crippen molar-refractivity contribution < 1.29 is 0 Å². The van der Waals surface area contributed by atoms with Crippen LogP contribution in [0.4, 0.5) is 0 Å². The van der Waals surface area contributed by atoms with Crippen LogP contribution in [0, 0.1) is 0 Å². The molecule has 3 rings (SSSR count). The van der Waals surface area contributed by atoms with Crippen LogP contribution in [0.15, 0.2) is 46.6 Å². The van der Waals surface area contributed by atoms with Crippen molar-refractivity contribution in [3.05, 3.63) is 46.6 Å². The molecule has 0 aliphatic rings. The number of hydrogen-bond donors (Lipinski definition) is 0. The van der Waals surface area contributed by atoms with Crippen molar-refractivity contribution in [3.8, 4) is 22.0 Å². The van der Waals surface area contributed by atoms with Gasteiger partial charge in [0.05, 0.1) is 23.9 Å². The molecule has 0 aliphatic heterocycles. The Hall–Kier alpha value is -1.46. The molecule has 0 atom stereocenters. The molecule has 0 saturated carbocycles. The molecule has 18 heavy (non-hydrogen) atoms. The van der Waals surface area contributed by atoms with E-state index >= 15 is 0 Å². The molecular formula is C13H10BrN3S. The third kappa shape index (κ3) is 2.00. The first kappa shape index (κ1) is 11.6. The summed E-state index contributed by atoms with van der Waals surface area (Å²) in [6, 6.07) is 8.11. The van der Waals surface area contributed by atoms with Crippen LogP contribution >= 0.6 is 27.3 Å². The van der Waals surface area contributed by atoms with Crippen molar-refractivity contribution in [2.75, 3.05) is 0 Å². The molecule has 90 valence electrons. The molecule has 3 nitrogen and oxygen atoms in total. The highest BCUT2D eigenvalue weighted by Crippen LogP contribution is 2.32. The molecule has 0 amide bonds. The van der Waals surface area contributed by atoms with E-state index in [1.807, 2.05) is 36.0 Å². The molecule has 0 fully saturated rings. The molecule has 0 N–H and O–H groups in total. The second-order valence-electron chi connectivity index (χ2n) is 3.91. The number of aromatic nitrogens is 3. The minimum atomic E-state index is 0.987. The Labute approximate surface area is 117 Å². The second kappa shape index (κ2) is 4.66. The van der Waals surface area contributed by atoms with Gasteiger partial charge in [-0.25, -0.2) is 9.97 Å². The summed E-state index contributed by atoms with van der Waals surface area (Å²) < 4.78 is 3.04.